The predicted molar refractivity (Wildman–Crippen MR) is 81.7 cm³/mol. The molecule has 7 nitrogen and oxygen atoms in total. The maximum absolute atomic E-state index is 11.2. The molecule has 0 aliphatic rings. The molecule has 3 rings (SSSR count). The molecule has 0 radical (unpaired) electrons. The van der Waals surface area contributed by atoms with Crippen LogP contribution >= 0.6 is 11.3 Å². The SMILES string of the molecule is O=S(=O)(O)c1ccc2c(N=Nc3nccs3)c(O)ccc2c1. The average molecular weight is 335 g/mol. The Morgan fingerprint density at radius 2 is 1.95 bits per heavy atom. The number of aromatic nitrogens is 1. The van der Waals surface area contributed by atoms with Gasteiger partial charge in [-0.05, 0) is 23.6 Å². The largest absolute Gasteiger partial charge is 0.506 e. The number of hydrogen-bond donors (Lipinski definition) is 2. The van der Waals surface area contributed by atoms with Crippen molar-refractivity contribution in [1.29, 1.82) is 0 Å². The summed E-state index contributed by atoms with van der Waals surface area (Å²) in [6.45, 7) is 0. The Morgan fingerprint density at radius 1 is 1.14 bits per heavy atom. The first-order chi connectivity index (χ1) is 10.4. The van der Waals surface area contributed by atoms with Gasteiger partial charge in [-0.3, -0.25) is 4.55 Å². The van der Waals surface area contributed by atoms with E-state index in [9.17, 15) is 13.5 Å². The molecule has 112 valence electrons. The number of phenolic OH excluding ortho intramolecular Hbond substituents is 1. The summed E-state index contributed by atoms with van der Waals surface area (Å²) >= 11 is 1.29. The van der Waals surface area contributed by atoms with Crippen molar-refractivity contribution in [3.05, 3.63) is 41.9 Å². The minimum atomic E-state index is -4.29. The fourth-order valence-corrected chi connectivity index (χ4v) is 2.87. The topological polar surface area (TPSA) is 112 Å². The zero-order valence-electron chi connectivity index (χ0n) is 10.9. The first-order valence-electron chi connectivity index (χ1n) is 5.99. The van der Waals surface area contributed by atoms with E-state index in [1.54, 1.807) is 11.6 Å². The molecule has 1 aromatic heterocycles. The number of rotatable bonds is 3. The summed E-state index contributed by atoms with van der Waals surface area (Å²) in [5, 5.41) is 21.0. The van der Waals surface area contributed by atoms with Crippen molar-refractivity contribution in [2.75, 3.05) is 0 Å². The van der Waals surface area contributed by atoms with E-state index in [0.717, 1.165) is 0 Å². The number of thiazole rings is 1. The minimum absolute atomic E-state index is 0.0904. The Balaban J connectivity index is 2.15. The van der Waals surface area contributed by atoms with E-state index in [2.05, 4.69) is 15.2 Å². The van der Waals surface area contributed by atoms with E-state index in [1.807, 2.05) is 0 Å². The number of fused-ring (bicyclic) bond motifs is 1. The Labute approximate surface area is 129 Å². The maximum atomic E-state index is 11.2. The zero-order valence-corrected chi connectivity index (χ0v) is 12.5. The number of benzene rings is 2. The van der Waals surface area contributed by atoms with Gasteiger partial charge in [0.1, 0.15) is 11.4 Å². The Hall–Kier alpha value is -2.36. The predicted octanol–water partition coefficient (Wildman–Crippen LogP) is 3.66. The van der Waals surface area contributed by atoms with Crippen LogP contribution in [0.25, 0.3) is 10.8 Å². The van der Waals surface area contributed by atoms with Gasteiger partial charge in [-0.15, -0.1) is 21.6 Å². The van der Waals surface area contributed by atoms with Crippen molar-refractivity contribution in [1.82, 2.24) is 4.98 Å². The number of aromatic hydroxyl groups is 1. The normalized spacial score (nSPS) is 12.2. The standard InChI is InChI=1S/C13H9N3O4S2/c17-11-4-1-8-7-9(22(18,19)20)2-3-10(8)12(11)15-16-13-14-5-6-21-13/h1-7,17H,(H,18,19,20). The summed E-state index contributed by atoms with van der Waals surface area (Å²) in [4.78, 5) is 3.72. The number of azo groups is 1. The van der Waals surface area contributed by atoms with Crippen molar-refractivity contribution >= 4 is 43.0 Å². The van der Waals surface area contributed by atoms with E-state index in [1.165, 1.54) is 41.7 Å². The van der Waals surface area contributed by atoms with Crippen molar-refractivity contribution in [2.45, 2.75) is 4.90 Å². The van der Waals surface area contributed by atoms with E-state index >= 15 is 0 Å². The Morgan fingerprint density at radius 3 is 2.64 bits per heavy atom. The molecule has 0 amide bonds. The first kappa shape index (κ1) is 14.6. The molecule has 3 aromatic rings. The lowest BCUT2D eigenvalue weighted by atomic mass is 10.1. The van der Waals surface area contributed by atoms with Gasteiger partial charge >= 0.3 is 0 Å². The molecule has 0 saturated carbocycles. The lowest BCUT2D eigenvalue weighted by Gasteiger charge is -2.05. The highest BCUT2D eigenvalue weighted by molar-refractivity contribution is 7.85. The highest BCUT2D eigenvalue weighted by atomic mass is 32.2. The van der Waals surface area contributed by atoms with Crippen molar-refractivity contribution < 1.29 is 18.1 Å². The third-order valence-corrected chi connectivity index (χ3v) is 4.40. The summed E-state index contributed by atoms with van der Waals surface area (Å²) < 4.78 is 31.4. The van der Waals surface area contributed by atoms with Crippen LogP contribution in [0.15, 0.2) is 57.0 Å². The molecule has 0 fully saturated rings. The molecule has 2 N–H and O–H groups in total. The van der Waals surface area contributed by atoms with Crippen LogP contribution in [-0.2, 0) is 10.1 Å². The molecule has 0 spiro atoms. The molecule has 0 atom stereocenters. The van der Waals surface area contributed by atoms with Gasteiger partial charge in [0.25, 0.3) is 10.1 Å². The quantitative estimate of drug-likeness (QED) is 0.560. The Bertz CT molecular complexity index is 966. The van der Waals surface area contributed by atoms with Gasteiger partial charge in [-0.1, -0.05) is 12.1 Å². The molecule has 0 bridgehead atoms. The van der Waals surface area contributed by atoms with Crippen LogP contribution in [0, 0.1) is 0 Å². The fourth-order valence-electron chi connectivity index (χ4n) is 1.90. The van der Waals surface area contributed by atoms with Gasteiger partial charge in [0.2, 0.25) is 5.13 Å². The highest BCUT2D eigenvalue weighted by Gasteiger charge is 2.13. The fraction of sp³-hybridized carbons (Fsp3) is 0. The van der Waals surface area contributed by atoms with E-state index in [4.69, 9.17) is 4.55 Å². The van der Waals surface area contributed by atoms with Crippen molar-refractivity contribution in [3.8, 4) is 5.75 Å². The van der Waals surface area contributed by atoms with Gasteiger partial charge in [0, 0.05) is 17.0 Å². The third kappa shape index (κ3) is 2.82. The molecular weight excluding hydrogens is 326 g/mol. The van der Waals surface area contributed by atoms with Crippen LogP contribution in [0.3, 0.4) is 0 Å². The van der Waals surface area contributed by atoms with Crippen LogP contribution in [0.1, 0.15) is 0 Å². The minimum Gasteiger partial charge on any atom is -0.506 e. The number of nitrogens with zero attached hydrogens (tertiary/aromatic N) is 3. The second kappa shape index (κ2) is 5.44. The number of hydrogen-bond acceptors (Lipinski definition) is 7. The molecule has 22 heavy (non-hydrogen) atoms. The van der Waals surface area contributed by atoms with Crippen molar-refractivity contribution in [2.24, 2.45) is 10.2 Å². The second-order valence-corrected chi connectivity index (χ2v) is 6.60. The third-order valence-electron chi connectivity index (χ3n) is 2.89. The summed E-state index contributed by atoms with van der Waals surface area (Å²) in [5.74, 6) is -0.0904. The molecule has 0 saturated heterocycles. The zero-order chi connectivity index (χ0) is 15.7. The van der Waals surface area contributed by atoms with Crippen LogP contribution < -0.4 is 0 Å². The molecule has 0 aliphatic carbocycles. The average Bonchev–Trinajstić information content (AvgIpc) is 2.98. The highest BCUT2D eigenvalue weighted by Crippen LogP contribution is 2.37. The van der Waals surface area contributed by atoms with Crippen LogP contribution in [0.4, 0.5) is 10.8 Å². The molecule has 1 heterocycles. The van der Waals surface area contributed by atoms with Gasteiger partial charge in [-0.25, -0.2) is 4.98 Å². The summed E-state index contributed by atoms with van der Waals surface area (Å²) in [6, 6.07) is 6.90. The smallest absolute Gasteiger partial charge is 0.294 e. The summed E-state index contributed by atoms with van der Waals surface area (Å²) in [6.07, 6.45) is 1.58. The molecule has 2 aromatic carbocycles. The second-order valence-electron chi connectivity index (χ2n) is 4.31. The van der Waals surface area contributed by atoms with E-state index < -0.39 is 10.1 Å². The molecule has 0 unspecified atom stereocenters. The van der Waals surface area contributed by atoms with Gasteiger partial charge in [0.15, 0.2) is 0 Å². The van der Waals surface area contributed by atoms with Crippen LogP contribution in [-0.4, -0.2) is 23.1 Å². The van der Waals surface area contributed by atoms with Crippen LogP contribution in [0.2, 0.25) is 0 Å². The first-order valence-corrected chi connectivity index (χ1v) is 8.31. The number of phenols is 1. The van der Waals surface area contributed by atoms with Gasteiger partial charge < -0.3 is 5.11 Å². The monoisotopic (exact) mass is 335 g/mol. The lowest BCUT2D eigenvalue weighted by Crippen LogP contribution is -1.97. The summed E-state index contributed by atoms with van der Waals surface area (Å²) in [5.41, 5.74) is 0.203. The molecule has 0 aliphatic heterocycles. The van der Waals surface area contributed by atoms with Crippen molar-refractivity contribution in [3.63, 3.8) is 0 Å². The maximum Gasteiger partial charge on any atom is 0.294 e. The van der Waals surface area contributed by atoms with Gasteiger partial charge in [-0.2, -0.15) is 8.42 Å². The van der Waals surface area contributed by atoms with E-state index in [-0.39, 0.29) is 16.3 Å². The molecule has 9 heteroatoms. The summed E-state index contributed by atoms with van der Waals surface area (Å²) in [7, 11) is -4.29. The van der Waals surface area contributed by atoms with Crippen LogP contribution in [0.5, 0.6) is 5.75 Å². The lowest BCUT2D eigenvalue weighted by molar-refractivity contribution is 0.477. The Kier molecular flexibility index (Phi) is 3.61. The van der Waals surface area contributed by atoms with E-state index in [0.29, 0.717) is 15.9 Å². The molecular formula is C13H9N3O4S2. The van der Waals surface area contributed by atoms with Gasteiger partial charge in [0.05, 0.1) is 4.90 Å².